The molecule has 2 aliphatic rings. The Kier molecular flexibility index (Phi) is 6.46. The summed E-state index contributed by atoms with van der Waals surface area (Å²) in [4.78, 5) is 12.0. The Morgan fingerprint density at radius 1 is 0.560 bits per heavy atom. The number of benzene rings is 6. The second-order valence-corrected chi connectivity index (χ2v) is 13.1. The molecule has 0 saturated heterocycles. The SMILES string of the molecule is Cc1ccc(N2c3ccc(-c4cccc(-c5nc6ccccc6o5)c4)cc3C3C=C(c4cccc(-c5nc6ccccc6o5)c4)C=CC32)cc1. The van der Waals surface area contributed by atoms with Gasteiger partial charge in [-0.05, 0) is 108 Å². The molecule has 8 aromatic rings. The van der Waals surface area contributed by atoms with Crippen molar-refractivity contribution in [1.82, 2.24) is 9.97 Å². The third-order valence-electron chi connectivity index (χ3n) is 9.93. The van der Waals surface area contributed by atoms with Crippen LogP contribution in [0.15, 0.2) is 167 Å². The summed E-state index contributed by atoms with van der Waals surface area (Å²) in [6, 6.07) is 48.7. The number of para-hydroxylation sites is 4. The van der Waals surface area contributed by atoms with E-state index in [0.29, 0.717) is 11.8 Å². The Hall–Kier alpha value is -6.46. The maximum Gasteiger partial charge on any atom is 0.227 e. The third-order valence-corrected chi connectivity index (χ3v) is 9.93. The van der Waals surface area contributed by atoms with Crippen LogP contribution in [0, 0.1) is 6.92 Å². The molecule has 10 rings (SSSR count). The van der Waals surface area contributed by atoms with E-state index in [9.17, 15) is 0 Å². The van der Waals surface area contributed by atoms with Crippen molar-refractivity contribution < 1.29 is 8.83 Å². The van der Waals surface area contributed by atoms with E-state index in [1.807, 2.05) is 48.5 Å². The Morgan fingerprint density at radius 3 is 1.84 bits per heavy atom. The summed E-state index contributed by atoms with van der Waals surface area (Å²) < 4.78 is 12.2. The maximum atomic E-state index is 6.13. The number of nitrogens with zero attached hydrogens (tertiary/aromatic N) is 3. The molecule has 0 radical (unpaired) electrons. The van der Waals surface area contributed by atoms with E-state index in [2.05, 4.69) is 121 Å². The fourth-order valence-electron chi connectivity index (χ4n) is 7.44. The molecule has 6 aromatic carbocycles. The van der Waals surface area contributed by atoms with Gasteiger partial charge in [0.1, 0.15) is 11.0 Å². The first-order valence-corrected chi connectivity index (χ1v) is 17.0. The van der Waals surface area contributed by atoms with Gasteiger partial charge in [0.15, 0.2) is 11.2 Å². The van der Waals surface area contributed by atoms with Crippen molar-refractivity contribution in [2.24, 2.45) is 0 Å². The first-order valence-electron chi connectivity index (χ1n) is 17.0. The molecule has 5 nitrogen and oxygen atoms in total. The summed E-state index contributed by atoms with van der Waals surface area (Å²) in [5, 5.41) is 0. The monoisotopic (exact) mass is 645 g/mol. The molecule has 0 bridgehead atoms. The second kappa shape index (κ2) is 11.3. The molecule has 2 atom stereocenters. The van der Waals surface area contributed by atoms with Gasteiger partial charge in [0.05, 0.1) is 6.04 Å². The maximum absolute atomic E-state index is 6.13. The van der Waals surface area contributed by atoms with Gasteiger partial charge in [-0.2, -0.15) is 0 Å². The summed E-state index contributed by atoms with van der Waals surface area (Å²) >= 11 is 0. The highest BCUT2D eigenvalue weighted by Gasteiger charge is 2.38. The number of aryl methyl sites for hydroxylation is 1. The minimum Gasteiger partial charge on any atom is -0.436 e. The van der Waals surface area contributed by atoms with Gasteiger partial charge >= 0.3 is 0 Å². The zero-order chi connectivity index (χ0) is 33.2. The summed E-state index contributed by atoms with van der Waals surface area (Å²) in [6.07, 6.45) is 7.06. The molecular formula is C45H31N3O2. The Balaban J connectivity index is 1.05. The molecule has 0 spiro atoms. The number of anilines is 2. The molecule has 0 N–H and O–H groups in total. The van der Waals surface area contributed by atoms with E-state index >= 15 is 0 Å². The predicted octanol–water partition coefficient (Wildman–Crippen LogP) is 11.5. The van der Waals surface area contributed by atoms with Crippen LogP contribution in [0.2, 0.25) is 0 Å². The largest absolute Gasteiger partial charge is 0.436 e. The number of oxazole rings is 2. The zero-order valence-corrected chi connectivity index (χ0v) is 27.3. The Morgan fingerprint density at radius 2 is 1.16 bits per heavy atom. The van der Waals surface area contributed by atoms with Crippen LogP contribution in [0.5, 0.6) is 0 Å². The smallest absolute Gasteiger partial charge is 0.227 e. The minimum absolute atomic E-state index is 0.151. The highest BCUT2D eigenvalue weighted by molar-refractivity contribution is 5.86. The minimum atomic E-state index is 0.151. The van der Waals surface area contributed by atoms with Crippen LogP contribution in [-0.2, 0) is 0 Å². The van der Waals surface area contributed by atoms with Crippen molar-refractivity contribution in [3.63, 3.8) is 0 Å². The summed E-state index contributed by atoms with van der Waals surface area (Å²) in [5.74, 6) is 1.41. The molecule has 5 heteroatoms. The molecule has 2 unspecified atom stereocenters. The van der Waals surface area contributed by atoms with E-state index in [1.54, 1.807) is 0 Å². The van der Waals surface area contributed by atoms with Crippen molar-refractivity contribution in [2.75, 3.05) is 4.90 Å². The normalized spacial score (nSPS) is 16.5. The molecular weight excluding hydrogens is 615 g/mol. The van der Waals surface area contributed by atoms with Crippen molar-refractivity contribution in [3.05, 3.63) is 174 Å². The van der Waals surface area contributed by atoms with Crippen LogP contribution in [0.3, 0.4) is 0 Å². The van der Waals surface area contributed by atoms with Crippen LogP contribution in [-0.4, -0.2) is 16.0 Å². The van der Waals surface area contributed by atoms with Crippen molar-refractivity contribution in [1.29, 1.82) is 0 Å². The second-order valence-electron chi connectivity index (χ2n) is 13.1. The quantitative estimate of drug-likeness (QED) is 0.186. The number of fused-ring (bicyclic) bond motifs is 5. The molecule has 50 heavy (non-hydrogen) atoms. The fourth-order valence-corrected chi connectivity index (χ4v) is 7.44. The first-order chi connectivity index (χ1) is 24.6. The molecule has 0 fully saturated rings. The molecule has 3 heterocycles. The Bertz CT molecular complexity index is 2580. The molecule has 1 aliphatic carbocycles. The molecule has 0 saturated carbocycles. The van der Waals surface area contributed by atoms with Gasteiger partial charge in [-0.1, -0.05) is 90.5 Å². The number of allylic oxidation sites excluding steroid dienone is 2. The van der Waals surface area contributed by atoms with Crippen LogP contribution in [0.4, 0.5) is 11.4 Å². The molecule has 0 amide bonds. The lowest BCUT2D eigenvalue weighted by Gasteiger charge is -2.30. The van der Waals surface area contributed by atoms with E-state index in [4.69, 9.17) is 18.8 Å². The molecule has 2 aromatic heterocycles. The lowest BCUT2D eigenvalue weighted by molar-refractivity contribution is 0.619. The number of aromatic nitrogens is 2. The van der Waals surface area contributed by atoms with Crippen LogP contribution in [0.25, 0.3) is 61.8 Å². The van der Waals surface area contributed by atoms with Gasteiger partial charge in [-0.3, -0.25) is 0 Å². The van der Waals surface area contributed by atoms with E-state index in [1.165, 1.54) is 28.1 Å². The summed E-state index contributed by atoms with van der Waals surface area (Å²) in [7, 11) is 0. The van der Waals surface area contributed by atoms with Gasteiger partial charge in [-0.25, -0.2) is 9.97 Å². The van der Waals surface area contributed by atoms with Gasteiger partial charge in [0.25, 0.3) is 0 Å². The number of hydrogen-bond donors (Lipinski definition) is 0. The van der Waals surface area contributed by atoms with Gasteiger partial charge < -0.3 is 13.7 Å². The lowest BCUT2D eigenvalue weighted by Crippen LogP contribution is -2.28. The van der Waals surface area contributed by atoms with Gasteiger partial charge in [0.2, 0.25) is 11.8 Å². The van der Waals surface area contributed by atoms with E-state index in [0.717, 1.165) is 50.0 Å². The fraction of sp³-hybridized carbons (Fsp3) is 0.0667. The van der Waals surface area contributed by atoms with Gasteiger partial charge in [0, 0.05) is 28.4 Å². The third kappa shape index (κ3) is 4.78. The lowest BCUT2D eigenvalue weighted by atomic mass is 9.85. The van der Waals surface area contributed by atoms with Crippen molar-refractivity contribution >= 4 is 39.1 Å². The topological polar surface area (TPSA) is 55.3 Å². The zero-order valence-electron chi connectivity index (χ0n) is 27.3. The standard InChI is InChI=1S/C45H31N3O2/c1-28-16-20-35(21-17-28)48-40-22-18-31(29-8-6-10-33(24-29)44-46-38-12-2-4-14-42(38)49-44)26-36(40)37-27-32(19-23-41(37)48)30-9-7-11-34(25-30)45-47-39-13-3-5-15-43(39)50-45/h2-27,36,40H,1H3. The van der Waals surface area contributed by atoms with Crippen molar-refractivity contribution in [2.45, 2.75) is 18.9 Å². The average molecular weight is 646 g/mol. The molecule has 1 aliphatic heterocycles. The van der Waals surface area contributed by atoms with Crippen LogP contribution >= 0.6 is 0 Å². The number of hydrogen-bond acceptors (Lipinski definition) is 5. The Labute approximate surface area is 289 Å². The summed E-state index contributed by atoms with van der Waals surface area (Å²) in [5.41, 5.74) is 14.8. The molecule has 238 valence electrons. The van der Waals surface area contributed by atoms with Gasteiger partial charge in [-0.15, -0.1) is 0 Å². The first kappa shape index (κ1) is 28.5. The van der Waals surface area contributed by atoms with Crippen LogP contribution in [0.1, 0.15) is 22.6 Å². The van der Waals surface area contributed by atoms with Crippen molar-refractivity contribution in [3.8, 4) is 34.0 Å². The predicted molar refractivity (Wildman–Crippen MR) is 201 cm³/mol. The highest BCUT2D eigenvalue weighted by Crippen LogP contribution is 2.50. The summed E-state index contributed by atoms with van der Waals surface area (Å²) in [6.45, 7) is 2.14. The highest BCUT2D eigenvalue weighted by atomic mass is 16.4. The van der Waals surface area contributed by atoms with E-state index < -0.39 is 0 Å². The number of rotatable bonds is 5. The average Bonchev–Trinajstić information content (AvgIpc) is 3.89. The van der Waals surface area contributed by atoms with Crippen LogP contribution < -0.4 is 4.90 Å². The van der Waals surface area contributed by atoms with E-state index in [-0.39, 0.29) is 12.0 Å².